The summed E-state index contributed by atoms with van der Waals surface area (Å²) in [7, 11) is -3.96. The molecule has 0 aliphatic carbocycles. The molecule has 2 aromatic carbocycles. The smallest absolute Gasteiger partial charge is 0.264 e. The lowest BCUT2D eigenvalue weighted by Gasteiger charge is -2.36. The number of nitrogens with zero attached hydrogens (tertiary/aromatic N) is 1. The van der Waals surface area contributed by atoms with E-state index in [4.69, 9.17) is 0 Å². The van der Waals surface area contributed by atoms with E-state index in [9.17, 15) is 13.0 Å². The van der Waals surface area contributed by atoms with Gasteiger partial charge in [0.1, 0.15) is 0 Å². The molecule has 1 aliphatic heterocycles. The van der Waals surface area contributed by atoms with E-state index in [1.807, 2.05) is 11.8 Å². The summed E-state index contributed by atoms with van der Waals surface area (Å²) in [6.45, 7) is 7.18. The molecule has 0 amide bonds. The largest absolute Gasteiger partial charge is 0.339 e. The lowest BCUT2D eigenvalue weighted by molar-refractivity contribution is 0.481. The molecule has 0 saturated carbocycles. The van der Waals surface area contributed by atoms with Crippen LogP contribution >= 0.6 is 11.8 Å². The van der Waals surface area contributed by atoms with Crippen molar-refractivity contribution in [1.82, 2.24) is 0 Å². The van der Waals surface area contributed by atoms with Crippen LogP contribution in [0.2, 0.25) is 0 Å². The van der Waals surface area contributed by atoms with E-state index in [1.54, 1.807) is 0 Å². The number of benzene rings is 2. The van der Waals surface area contributed by atoms with Crippen LogP contribution in [-0.2, 0) is 29.4 Å². The third-order valence-electron chi connectivity index (χ3n) is 5.42. The molecular formula is C24H33NO3S2. The van der Waals surface area contributed by atoms with Crippen molar-refractivity contribution in [2.24, 2.45) is 0 Å². The predicted molar refractivity (Wildman–Crippen MR) is 127 cm³/mol. The molecule has 0 atom stereocenters. The van der Waals surface area contributed by atoms with Gasteiger partial charge in [-0.3, -0.25) is 4.55 Å². The molecule has 2 aromatic rings. The van der Waals surface area contributed by atoms with E-state index < -0.39 is 10.1 Å². The molecule has 30 heavy (non-hydrogen) atoms. The molecule has 1 heterocycles. The van der Waals surface area contributed by atoms with Gasteiger partial charge in [-0.25, -0.2) is 0 Å². The summed E-state index contributed by atoms with van der Waals surface area (Å²) < 4.78 is 31.9. The second-order valence-corrected chi connectivity index (χ2v) is 10.6. The van der Waals surface area contributed by atoms with Crippen LogP contribution in [0.1, 0.15) is 63.1 Å². The van der Waals surface area contributed by atoms with Crippen molar-refractivity contribution in [3.05, 3.63) is 47.0 Å². The van der Waals surface area contributed by atoms with E-state index in [2.05, 4.69) is 56.0 Å². The molecule has 0 unspecified atom stereocenters. The Bertz CT molecular complexity index is 986. The van der Waals surface area contributed by atoms with Gasteiger partial charge in [0, 0.05) is 16.3 Å². The fourth-order valence-corrected chi connectivity index (χ4v) is 6.09. The second kappa shape index (κ2) is 10.2. The Hall–Kier alpha value is -1.50. The third-order valence-corrected chi connectivity index (χ3v) is 7.43. The molecule has 4 nitrogen and oxygen atoms in total. The number of aryl methyl sites for hydroxylation is 3. The van der Waals surface area contributed by atoms with Gasteiger partial charge < -0.3 is 4.90 Å². The highest BCUT2D eigenvalue weighted by atomic mass is 32.2. The van der Waals surface area contributed by atoms with Crippen molar-refractivity contribution in [1.29, 1.82) is 0 Å². The van der Waals surface area contributed by atoms with Gasteiger partial charge in [0.15, 0.2) is 0 Å². The average Bonchev–Trinajstić information content (AvgIpc) is 2.68. The van der Waals surface area contributed by atoms with E-state index in [-0.39, 0.29) is 5.75 Å². The zero-order valence-corrected chi connectivity index (χ0v) is 19.9. The number of fused-ring (bicyclic) bond motifs is 2. The highest BCUT2D eigenvalue weighted by Gasteiger charge is 2.28. The van der Waals surface area contributed by atoms with Crippen LogP contribution in [0, 0.1) is 0 Å². The average molecular weight is 448 g/mol. The van der Waals surface area contributed by atoms with Crippen LogP contribution in [0.4, 0.5) is 11.4 Å². The first-order valence-electron chi connectivity index (χ1n) is 11.1. The Morgan fingerprint density at radius 2 is 1.67 bits per heavy atom. The minimum atomic E-state index is -3.96. The first kappa shape index (κ1) is 23.2. The SMILES string of the molecule is CCCc1cc(CCC)c2c(c1)Sc1c(CCC)cccc1N2CCCS(=O)(=O)O. The minimum absolute atomic E-state index is 0.215. The van der Waals surface area contributed by atoms with E-state index in [1.165, 1.54) is 32.2 Å². The van der Waals surface area contributed by atoms with Gasteiger partial charge >= 0.3 is 0 Å². The summed E-state index contributed by atoms with van der Waals surface area (Å²) in [5.74, 6) is -0.215. The fourth-order valence-electron chi connectivity index (χ4n) is 4.24. The summed E-state index contributed by atoms with van der Waals surface area (Å²) in [5.41, 5.74) is 6.45. The Morgan fingerprint density at radius 1 is 0.967 bits per heavy atom. The zero-order chi connectivity index (χ0) is 21.7. The Morgan fingerprint density at radius 3 is 2.33 bits per heavy atom. The molecule has 164 valence electrons. The molecule has 0 saturated heterocycles. The van der Waals surface area contributed by atoms with E-state index >= 15 is 0 Å². The Kier molecular flexibility index (Phi) is 7.88. The van der Waals surface area contributed by atoms with Gasteiger partial charge in [0.2, 0.25) is 0 Å². The number of anilines is 2. The van der Waals surface area contributed by atoms with Gasteiger partial charge in [0.25, 0.3) is 10.1 Å². The minimum Gasteiger partial charge on any atom is -0.339 e. The van der Waals surface area contributed by atoms with Crippen LogP contribution in [-0.4, -0.2) is 25.3 Å². The normalized spacial score (nSPS) is 13.3. The van der Waals surface area contributed by atoms with Crippen LogP contribution in [0.25, 0.3) is 0 Å². The monoisotopic (exact) mass is 447 g/mol. The van der Waals surface area contributed by atoms with Crippen LogP contribution in [0.3, 0.4) is 0 Å². The Balaban J connectivity index is 2.11. The summed E-state index contributed by atoms with van der Waals surface area (Å²) in [6.07, 6.45) is 6.75. The first-order chi connectivity index (χ1) is 14.4. The molecule has 1 N–H and O–H groups in total. The summed E-state index contributed by atoms with van der Waals surface area (Å²) in [4.78, 5) is 4.86. The topological polar surface area (TPSA) is 57.6 Å². The molecule has 1 aliphatic rings. The van der Waals surface area contributed by atoms with Crippen molar-refractivity contribution in [2.75, 3.05) is 17.2 Å². The Labute approximate surface area is 185 Å². The maximum atomic E-state index is 11.3. The fraction of sp³-hybridized carbons (Fsp3) is 0.500. The van der Waals surface area contributed by atoms with Gasteiger partial charge in [-0.15, -0.1) is 0 Å². The summed E-state index contributed by atoms with van der Waals surface area (Å²) in [5, 5.41) is 0. The van der Waals surface area contributed by atoms with Crippen molar-refractivity contribution < 1.29 is 13.0 Å². The summed E-state index contributed by atoms with van der Waals surface area (Å²) in [6, 6.07) is 11.1. The van der Waals surface area contributed by atoms with Crippen LogP contribution in [0.15, 0.2) is 40.1 Å². The first-order valence-corrected chi connectivity index (χ1v) is 13.5. The lowest BCUT2D eigenvalue weighted by atomic mass is 9.99. The van der Waals surface area contributed by atoms with Gasteiger partial charge in [-0.05, 0) is 54.5 Å². The second-order valence-electron chi connectivity index (χ2n) is 8.01. The van der Waals surface area contributed by atoms with E-state index in [0.717, 1.165) is 44.2 Å². The maximum absolute atomic E-state index is 11.3. The van der Waals surface area contributed by atoms with Crippen LogP contribution in [0.5, 0.6) is 0 Å². The highest BCUT2D eigenvalue weighted by Crippen LogP contribution is 2.51. The molecular weight excluding hydrogens is 414 g/mol. The van der Waals surface area contributed by atoms with Gasteiger partial charge in [0.05, 0.1) is 17.1 Å². The van der Waals surface area contributed by atoms with Crippen molar-refractivity contribution >= 4 is 33.3 Å². The molecule has 6 heteroatoms. The van der Waals surface area contributed by atoms with Gasteiger partial charge in [-0.1, -0.05) is 70.0 Å². The maximum Gasteiger partial charge on any atom is 0.264 e. The zero-order valence-electron chi connectivity index (χ0n) is 18.3. The molecule has 0 fully saturated rings. The van der Waals surface area contributed by atoms with Crippen molar-refractivity contribution in [3.63, 3.8) is 0 Å². The standard InChI is InChI=1S/C24H33NO3S2/c1-4-9-18-16-20(11-6-3)23-22(17-18)29-24-19(10-5-2)12-7-13-21(24)25(23)14-8-15-30(26,27)28/h7,12-13,16-17H,4-6,8-11,14-15H2,1-3H3,(H,26,27,28). The molecule has 3 rings (SSSR count). The van der Waals surface area contributed by atoms with Crippen molar-refractivity contribution in [2.45, 2.75) is 75.5 Å². The number of hydrogen-bond acceptors (Lipinski definition) is 4. The van der Waals surface area contributed by atoms with E-state index in [0.29, 0.717) is 13.0 Å². The molecule has 0 bridgehead atoms. The van der Waals surface area contributed by atoms with Crippen molar-refractivity contribution in [3.8, 4) is 0 Å². The number of rotatable bonds is 10. The highest BCUT2D eigenvalue weighted by molar-refractivity contribution is 7.99. The summed E-state index contributed by atoms with van der Waals surface area (Å²) >= 11 is 1.86. The lowest BCUT2D eigenvalue weighted by Crippen LogP contribution is -2.25. The molecule has 0 spiro atoms. The quantitative estimate of drug-likeness (QED) is 0.426. The molecule has 0 aromatic heterocycles. The predicted octanol–water partition coefficient (Wildman–Crippen LogP) is 6.42. The van der Waals surface area contributed by atoms with Gasteiger partial charge in [-0.2, -0.15) is 8.42 Å². The number of hydrogen-bond donors (Lipinski definition) is 1. The third kappa shape index (κ3) is 5.40. The van der Waals surface area contributed by atoms with Crippen LogP contribution < -0.4 is 4.90 Å². The molecule has 0 radical (unpaired) electrons.